The molecule has 4 heterocycles. The van der Waals surface area contributed by atoms with Crippen molar-refractivity contribution in [2.24, 2.45) is 9.98 Å². The number of fused-ring (bicyclic) bond motifs is 8. The minimum atomic E-state index is -3.48. The monoisotopic (exact) mass is 1410 g/mol. The number of hydrogen-bond donors (Lipinski definition) is 2. The van der Waals surface area contributed by atoms with E-state index < -0.39 is 10.1 Å². The van der Waals surface area contributed by atoms with Gasteiger partial charge in [-0.2, -0.15) is 8.42 Å². The summed E-state index contributed by atoms with van der Waals surface area (Å²) < 4.78 is 76.4. The van der Waals surface area contributed by atoms with E-state index in [1.807, 2.05) is 116 Å². The number of nitrogens with zero attached hydrogens (tertiary/aromatic N) is 4. The number of esters is 3. The number of aryl methyl sites for hydroxylation is 2. The van der Waals surface area contributed by atoms with Crippen LogP contribution in [0.25, 0.3) is 0 Å². The molecule has 11 rings (SSSR count). The fraction of sp³-hybridized carbons (Fsp3) is 0.364. The number of aliphatic imine (C=N–C) groups is 2. The molecule has 0 saturated carbocycles. The van der Waals surface area contributed by atoms with Crippen molar-refractivity contribution < 1.29 is 89.4 Å². The number of rotatable bonds is 28. The molecule has 23 nitrogen and oxygen atoms in total. The normalized spacial score (nSPS) is 14.1. The number of benzene rings is 7. The van der Waals surface area contributed by atoms with Crippen molar-refractivity contribution in [1.29, 1.82) is 0 Å². The number of hydrogen-bond acceptors (Lipinski definition) is 21. The molecule has 2 atom stereocenters. The predicted molar refractivity (Wildman–Crippen MR) is 385 cm³/mol. The van der Waals surface area contributed by atoms with Gasteiger partial charge in [0.2, 0.25) is 0 Å². The molecule has 2 amide bonds. The molecule has 0 aromatic heterocycles. The molecule has 7 aromatic carbocycles. The summed E-state index contributed by atoms with van der Waals surface area (Å²) in [5.41, 5.74) is 11.6. The first-order valence-corrected chi connectivity index (χ1v) is 34.2. The third-order valence-electron chi connectivity index (χ3n) is 16.4. The predicted octanol–water partition coefficient (Wildman–Crippen LogP) is 12.4. The van der Waals surface area contributed by atoms with Crippen LogP contribution in [0.3, 0.4) is 0 Å². The maximum absolute atomic E-state index is 13.9. The van der Waals surface area contributed by atoms with Crippen LogP contribution in [0.1, 0.15) is 131 Å². The lowest BCUT2D eigenvalue weighted by atomic mass is 10.1. The van der Waals surface area contributed by atoms with E-state index in [-0.39, 0.29) is 96.1 Å². The van der Waals surface area contributed by atoms with E-state index in [0.29, 0.717) is 126 Å². The Bertz CT molecular complexity index is 4210. The fourth-order valence-corrected chi connectivity index (χ4v) is 11.8. The number of para-hydroxylation sites is 2. The van der Waals surface area contributed by atoms with Crippen molar-refractivity contribution >= 4 is 75.0 Å². The van der Waals surface area contributed by atoms with Crippen LogP contribution in [0.4, 0.5) is 22.7 Å². The fourth-order valence-electron chi connectivity index (χ4n) is 11.5. The number of methoxy groups -OCH3 is 4. The van der Waals surface area contributed by atoms with Gasteiger partial charge in [0, 0.05) is 68.0 Å². The standard InChI is InChI=1S/C47H42N4O8.C15H22O6S.C13H18O5.2CH4/c1-28-15-36-38(48-24-33-19-31-9-4-6-11-40(31)50(33)46(36)53)22-42(28)58-26-29-16-30(18-35(17-29)57-14-8-13-45(52)56-3)27-59-44-23-39-37(21-43(44)55-2)47(54)51-34(25-49-39)20-32-10-5-7-12-41(32)51;1-4-12-8-13(11-21-22(3,17)18)10-14(9-12)20-7-5-6-15(16)19-2;1-17-13(16)3-2-4-18-12-6-10(8-14)5-11(7-12)9-15;;/h4-7,9-12,15-18,21-25,33-34H,8,13-14,19-20,26-27H2,1-3H3;8-10H,4-7,11H2,1-3H3;5-7,14-15H,2-4,8-9H2,1H3;2*1H4/t33-,34-;;;;/m0..../s1. The van der Waals surface area contributed by atoms with Gasteiger partial charge >= 0.3 is 17.9 Å². The van der Waals surface area contributed by atoms with Crippen molar-refractivity contribution in [2.45, 2.75) is 132 Å². The van der Waals surface area contributed by atoms with Gasteiger partial charge in [0.1, 0.15) is 36.2 Å². The average molecular weight is 1410 g/mol. The Labute approximate surface area is 590 Å². The molecular formula is C77H90N4O19S. The molecule has 24 heteroatoms. The van der Waals surface area contributed by atoms with E-state index >= 15 is 0 Å². The van der Waals surface area contributed by atoms with Gasteiger partial charge in [-0.25, -0.2) is 0 Å². The molecule has 538 valence electrons. The van der Waals surface area contributed by atoms with Crippen LogP contribution >= 0.6 is 0 Å². The van der Waals surface area contributed by atoms with Crippen molar-refractivity contribution in [3.05, 3.63) is 189 Å². The maximum Gasteiger partial charge on any atom is 0.305 e. The highest BCUT2D eigenvalue weighted by Crippen LogP contribution is 2.43. The average Bonchev–Trinajstić information content (AvgIpc) is 1.63. The Hall–Kier alpha value is -10.1. The molecule has 0 unspecified atom stereocenters. The van der Waals surface area contributed by atoms with Crippen LogP contribution in [-0.4, -0.2) is 127 Å². The van der Waals surface area contributed by atoms with Crippen LogP contribution < -0.4 is 38.2 Å². The summed E-state index contributed by atoms with van der Waals surface area (Å²) in [6.07, 6.45) is 9.33. The van der Waals surface area contributed by atoms with Crippen LogP contribution in [0.15, 0.2) is 137 Å². The number of aliphatic hydroxyl groups is 2. The summed E-state index contributed by atoms with van der Waals surface area (Å²) in [5.74, 6) is 2.16. The van der Waals surface area contributed by atoms with Gasteiger partial charge in [-0.05, 0) is 149 Å². The SMILES string of the molecule is C.C.CCc1cc(COS(C)(=O)=O)cc(OCCCC(=O)OC)c1.COC(=O)CCCOc1cc(CO)cc(CO)c1.COC(=O)CCCOc1cc(COc2cc3c(cc2C)C(=O)N2c4ccccc4C[C@H]2C=N3)cc(COc2cc3c(cc2OC)C(=O)N2c4ccccc4C[C@H]2C=N3)c1. The highest BCUT2D eigenvalue weighted by Gasteiger charge is 2.38. The third-order valence-corrected chi connectivity index (χ3v) is 17.0. The van der Waals surface area contributed by atoms with Crippen molar-refractivity contribution in [3.63, 3.8) is 0 Å². The molecule has 2 N–H and O–H groups in total. The summed E-state index contributed by atoms with van der Waals surface area (Å²) in [5, 5.41) is 18.1. The minimum absolute atomic E-state index is 0. The Morgan fingerprint density at radius 3 is 1.34 bits per heavy atom. The lowest BCUT2D eigenvalue weighted by molar-refractivity contribution is -0.141. The van der Waals surface area contributed by atoms with Gasteiger partial charge in [-0.3, -0.25) is 47.9 Å². The van der Waals surface area contributed by atoms with Gasteiger partial charge in [-0.1, -0.05) is 70.3 Å². The molecule has 0 aliphatic carbocycles. The summed E-state index contributed by atoms with van der Waals surface area (Å²) >= 11 is 0. The molecule has 0 spiro atoms. The molecule has 101 heavy (non-hydrogen) atoms. The zero-order chi connectivity index (χ0) is 70.6. The highest BCUT2D eigenvalue weighted by atomic mass is 32.2. The van der Waals surface area contributed by atoms with E-state index in [9.17, 15) is 32.4 Å². The smallest absolute Gasteiger partial charge is 0.305 e. The van der Waals surface area contributed by atoms with E-state index in [1.165, 1.54) is 21.3 Å². The lowest BCUT2D eigenvalue weighted by Crippen LogP contribution is -2.37. The third kappa shape index (κ3) is 21.2. The van der Waals surface area contributed by atoms with E-state index in [0.717, 1.165) is 69.4 Å². The van der Waals surface area contributed by atoms with Gasteiger partial charge in [0.25, 0.3) is 21.9 Å². The van der Waals surface area contributed by atoms with Gasteiger partial charge < -0.3 is 52.8 Å². The summed E-state index contributed by atoms with van der Waals surface area (Å²) in [7, 11) is 2.12. The number of carbonyl (C=O) groups excluding carboxylic acids is 5. The van der Waals surface area contributed by atoms with E-state index in [1.54, 1.807) is 48.4 Å². The van der Waals surface area contributed by atoms with E-state index in [2.05, 4.69) is 15.5 Å². The van der Waals surface area contributed by atoms with E-state index in [4.69, 9.17) is 57.5 Å². The summed E-state index contributed by atoms with van der Waals surface area (Å²) in [6.45, 7) is 5.07. The Morgan fingerprint density at radius 1 is 0.505 bits per heavy atom. The second kappa shape index (κ2) is 37.3. The van der Waals surface area contributed by atoms with Crippen molar-refractivity contribution in [2.75, 3.05) is 64.3 Å². The molecule has 0 radical (unpaired) electrons. The summed E-state index contributed by atoms with van der Waals surface area (Å²) in [6, 6.07) is 39.0. The zero-order valence-electron chi connectivity index (χ0n) is 56.5. The number of ether oxygens (including phenoxy) is 9. The maximum atomic E-state index is 13.9. The molecule has 0 bridgehead atoms. The van der Waals surface area contributed by atoms with Gasteiger partial charge in [-0.15, -0.1) is 0 Å². The highest BCUT2D eigenvalue weighted by molar-refractivity contribution is 7.85. The largest absolute Gasteiger partial charge is 0.494 e. The molecule has 4 aliphatic rings. The Kier molecular flexibility index (Phi) is 28.9. The van der Waals surface area contributed by atoms with Crippen LogP contribution in [-0.2, 0) is 95.2 Å². The number of amides is 2. The molecule has 7 aromatic rings. The van der Waals surface area contributed by atoms with Gasteiger partial charge in [0.15, 0.2) is 11.5 Å². The number of carbonyl (C=O) groups is 5. The topological polar surface area (TPSA) is 283 Å². The van der Waals surface area contributed by atoms with Gasteiger partial charge in [0.05, 0.1) is 109 Å². The van der Waals surface area contributed by atoms with Crippen LogP contribution in [0, 0.1) is 6.92 Å². The molecule has 0 saturated heterocycles. The minimum Gasteiger partial charge on any atom is -0.494 e. The molecular weight excluding hydrogens is 1320 g/mol. The molecule has 0 fully saturated rings. The lowest BCUT2D eigenvalue weighted by Gasteiger charge is -2.22. The summed E-state index contributed by atoms with van der Waals surface area (Å²) in [4.78, 5) is 74.5. The Balaban J connectivity index is 0.000000280. The second-order valence-corrected chi connectivity index (χ2v) is 25.3. The number of anilines is 2. The van der Waals surface area contributed by atoms with Crippen molar-refractivity contribution in [1.82, 2.24) is 0 Å². The Morgan fingerprint density at radius 2 is 0.901 bits per heavy atom. The van der Waals surface area contributed by atoms with Crippen molar-refractivity contribution in [3.8, 4) is 34.5 Å². The first kappa shape index (κ1) is 78.2. The zero-order valence-corrected chi connectivity index (χ0v) is 57.3. The first-order chi connectivity index (χ1) is 47.8. The first-order valence-electron chi connectivity index (χ1n) is 32.4. The van der Waals surface area contributed by atoms with Crippen LogP contribution in [0.2, 0.25) is 0 Å². The number of aliphatic hydroxyl groups excluding tert-OH is 2. The van der Waals surface area contributed by atoms with Crippen LogP contribution in [0.5, 0.6) is 34.5 Å². The molecule has 4 aliphatic heterocycles. The second-order valence-electron chi connectivity index (χ2n) is 23.6. The quantitative estimate of drug-likeness (QED) is 0.0199.